The largest absolute Gasteiger partial charge is 1.00 e. The van der Waals surface area contributed by atoms with Crippen molar-refractivity contribution in [3.8, 4) is 0 Å². The third-order valence-electron chi connectivity index (χ3n) is 0.399. The van der Waals surface area contributed by atoms with Crippen LogP contribution in [0.5, 0.6) is 0 Å². The van der Waals surface area contributed by atoms with Gasteiger partial charge in [-0.05, 0) is 0 Å². The normalized spacial score (nSPS) is 9.67. The molecule has 0 saturated carbocycles. The molecular formula is C5H10NNaO2. The van der Waals surface area contributed by atoms with Gasteiger partial charge in [0.15, 0.2) is 0 Å². The summed E-state index contributed by atoms with van der Waals surface area (Å²) in [5.74, 6) is 0. The molecule has 0 aromatic rings. The van der Waals surface area contributed by atoms with E-state index in [0.717, 1.165) is 0 Å². The van der Waals surface area contributed by atoms with Crippen LogP contribution in [-0.4, -0.2) is 11.7 Å². The van der Waals surface area contributed by atoms with E-state index in [2.05, 4.69) is 4.74 Å². The topological polar surface area (TPSA) is 56.1 Å². The molecule has 0 heterocycles. The summed E-state index contributed by atoms with van der Waals surface area (Å²) < 4.78 is 4.47. The number of rotatable bonds is 0. The van der Waals surface area contributed by atoms with Gasteiger partial charge in [0.25, 0.3) is 0 Å². The van der Waals surface area contributed by atoms with E-state index in [-0.39, 0.29) is 29.6 Å². The summed E-state index contributed by atoms with van der Waals surface area (Å²) in [7, 11) is 0. The molecule has 1 N–H and O–H groups in total. The molecule has 0 aromatic carbocycles. The predicted octanol–water partition coefficient (Wildman–Crippen LogP) is -2.90. The quantitative estimate of drug-likeness (QED) is 0.222. The van der Waals surface area contributed by atoms with Gasteiger partial charge in [-0.1, -0.05) is 20.8 Å². The van der Waals surface area contributed by atoms with E-state index in [9.17, 15) is 5.11 Å². The summed E-state index contributed by atoms with van der Waals surface area (Å²) in [6.45, 7) is 5.16. The summed E-state index contributed by atoms with van der Waals surface area (Å²) in [6.07, 6.45) is -0.975. The number of hydrogen-bond acceptors (Lipinski definition) is 3. The second-order valence-corrected chi connectivity index (χ2v) is 2.50. The van der Waals surface area contributed by atoms with Crippen LogP contribution in [0.25, 0.3) is 0 Å². The summed E-state index contributed by atoms with van der Waals surface area (Å²) in [5, 5.41) is 16.3. The molecule has 0 bridgehead atoms. The van der Waals surface area contributed by atoms with Crippen molar-refractivity contribution in [1.82, 2.24) is 0 Å². The molecular weight excluding hydrogens is 129 g/mol. The minimum absolute atomic E-state index is 0. The Hall–Kier alpha value is 0.270. The third kappa shape index (κ3) is 11.7. The molecule has 0 aliphatic heterocycles. The van der Waals surface area contributed by atoms with E-state index < -0.39 is 11.7 Å². The molecule has 0 radical (unpaired) electrons. The molecule has 0 rings (SSSR count). The van der Waals surface area contributed by atoms with Crippen molar-refractivity contribution in [2.45, 2.75) is 26.4 Å². The van der Waals surface area contributed by atoms with E-state index in [0.29, 0.717) is 0 Å². The van der Waals surface area contributed by atoms with Crippen LogP contribution in [0.3, 0.4) is 0 Å². The van der Waals surface area contributed by atoms with Crippen LogP contribution >= 0.6 is 0 Å². The molecule has 0 aliphatic carbocycles. The van der Waals surface area contributed by atoms with Gasteiger partial charge in [0.05, 0.1) is 0 Å². The molecule has 4 heteroatoms. The van der Waals surface area contributed by atoms with Gasteiger partial charge in [-0.15, -0.1) is 0 Å². The maximum absolute atomic E-state index is 9.90. The van der Waals surface area contributed by atoms with Gasteiger partial charge >= 0.3 is 29.6 Å². The Bertz CT molecular complexity index is 97.6. The molecule has 48 valence electrons. The van der Waals surface area contributed by atoms with Gasteiger partial charge in [0, 0.05) is 5.60 Å². The average molecular weight is 139 g/mol. The molecule has 0 aliphatic rings. The number of ether oxygens (including phenoxy) is 1. The van der Waals surface area contributed by atoms with Crippen molar-refractivity contribution < 1.29 is 39.4 Å². The SMILES string of the molecule is CC(C)(C)OC(=N)[O-].[Na+]. The van der Waals surface area contributed by atoms with Crippen LogP contribution in [0, 0.1) is 5.41 Å². The molecule has 9 heavy (non-hydrogen) atoms. The minimum atomic E-state index is -0.975. The van der Waals surface area contributed by atoms with E-state index in [1.54, 1.807) is 20.8 Å². The fraction of sp³-hybridized carbons (Fsp3) is 0.800. The summed E-state index contributed by atoms with van der Waals surface area (Å²) >= 11 is 0. The Kier molecular flexibility index (Phi) is 5.52. The summed E-state index contributed by atoms with van der Waals surface area (Å²) in [4.78, 5) is 0. The minimum Gasteiger partial charge on any atom is -0.595 e. The molecule has 0 fully saturated rings. The molecule has 3 nitrogen and oxygen atoms in total. The van der Waals surface area contributed by atoms with Crippen LogP contribution in [0.4, 0.5) is 0 Å². The van der Waals surface area contributed by atoms with E-state index in [1.165, 1.54) is 0 Å². The monoisotopic (exact) mass is 139 g/mol. The fourth-order valence-corrected chi connectivity index (χ4v) is 0.278. The standard InChI is InChI=1S/C5H11NO2.Na/c1-5(2,3)8-4(6)7;/h1-3H3,(H2,6,7);/q;+1/p-1. The molecule has 0 aromatic heterocycles. The first-order chi connectivity index (χ1) is 3.42. The smallest absolute Gasteiger partial charge is 0.595 e. The van der Waals surface area contributed by atoms with Crippen molar-refractivity contribution in [3.05, 3.63) is 0 Å². The van der Waals surface area contributed by atoms with Crippen molar-refractivity contribution >= 4 is 6.08 Å². The Morgan fingerprint density at radius 2 is 1.78 bits per heavy atom. The van der Waals surface area contributed by atoms with Gasteiger partial charge in [-0.2, -0.15) is 0 Å². The van der Waals surface area contributed by atoms with Crippen LogP contribution in [-0.2, 0) is 4.74 Å². The van der Waals surface area contributed by atoms with Gasteiger partial charge in [-0.25, -0.2) is 0 Å². The van der Waals surface area contributed by atoms with E-state index in [4.69, 9.17) is 5.41 Å². The zero-order valence-electron chi connectivity index (χ0n) is 6.32. The van der Waals surface area contributed by atoms with Crippen LogP contribution in [0.2, 0.25) is 0 Å². The van der Waals surface area contributed by atoms with Crippen molar-refractivity contribution in [2.24, 2.45) is 0 Å². The second-order valence-electron chi connectivity index (χ2n) is 2.50. The third-order valence-corrected chi connectivity index (χ3v) is 0.399. The van der Waals surface area contributed by atoms with Gasteiger partial charge in [0.1, 0.15) is 6.08 Å². The summed E-state index contributed by atoms with van der Waals surface area (Å²) in [5.41, 5.74) is -0.515. The van der Waals surface area contributed by atoms with Crippen molar-refractivity contribution in [2.75, 3.05) is 0 Å². The molecule has 0 spiro atoms. The molecule has 0 saturated heterocycles. The zero-order chi connectivity index (χ0) is 6.78. The maximum atomic E-state index is 9.90. The molecule has 0 unspecified atom stereocenters. The zero-order valence-corrected chi connectivity index (χ0v) is 8.32. The van der Waals surface area contributed by atoms with E-state index >= 15 is 0 Å². The van der Waals surface area contributed by atoms with Crippen LogP contribution in [0.1, 0.15) is 20.8 Å². The van der Waals surface area contributed by atoms with Crippen LogP contribution < -0.4 is 34.7 Å². The van der Waals surface area contributed by atoms with E-state index in [1.807, 2.05) is 0 Å². The van der Waals surface area contributed by atoms with Gasteiger partial charge in [0.2, 0.25) is 0 Å². The molecule has 0 atom stereocenters. The van der Waals surface area contributed by atoms with Crippen molar-refractivity contribution in [1.29, 1.82) is 5.41 Å². The maximum Gasteiger partial charge on any atom is 1.00 e. The van der Waals surface area contributed by atoms with Crippen molar-refractivity contribution in [3.63, 3.8) is 0 Å². The molecule has 0 amide bonds. The van der Waals surface area contributed by atoms with Gasteiger partial charge in [-0.3, -0.25) is 5.41 Å². The number of hydrogen-bond donors (Lipinski definition) is 1. The Morgan fingerprint density at radius 1 is 1.44 bits per heavy atom. The fourth-order valence-electron chi connectivity index (χ4n) is 0.278. The Labute approximate surface area is 77.2 Å². The Morgan fingerprint density at radius 3 is 1.78 bits per heavy atom. The average Bonchev–Trinajstić information content (AvgIpc) is 1.21. The first-order valence-electron chi connectivity index (χ1n) is 2.36. The van der Waals surface area contributed by atoms with Crippen LogP contribution in [0.15, 0.2) is 0 Å². The van der Waals surface area contributed by atoms with Gasteiger partial charge < -0.3 is 9.84 Å². The predicted molar refractivity (Wildman–Crippen MR) is 28.6 cm³/mol. The Balaban J connectivity index is 0. The first kappa shape index (κ1) is 12.0. The first-order valence-corrected chi connectivity index (χ1v) is 2.36. The number of nitrogens with one attached hydrogen (secondary N) is 1. The summed E-state index contributed by atoms with van der Waals surface area (Å²) in [6, 6.07) is 0. The second kappa shape index (κ2) is 4.14.